The SMILES string of the molecule is O=c1c2ccccc2c(NC2CCCCC2)nn1CCCCl. The van der Waals surface area contributed by atoms with Crippen LogP contribution in [0.5, 0.6) is 0 Å². The van der Waals surface area contributed by atoms with Crippen LogP contribution in [0.25, 0.3) is 10.8 Å². The molecule has 1 aromatic heterocycles. The quantitative estimate of drug-likeness (QED) is 0.853. The van der Waals surface area contributed by atoms with Gasteiger partial charge in [0.05, 0.1) is 5.39 Å². The summed E-state index contributed by atoms with van der Waals surface area (Å²) in [6.07, 6.45) is 6.95. The third kappa shape index (κ3) is 3.27. The third-order valence-corrected chi connectivity index (χ3v) is 4.58. The molecule has 5 heteroatoms. The van der Waals surface area contributed by atoms with Crippen molar-refractivity contribution in [3.05, 3.63) is 34.6 Å². The van der Waals surface area contributed by atoms with Gasteiger partial charge in [0.2, 0.25) is 0 Å². The van der Waals surface area contributed by atoms with Gasteiger partial charge in [0, 0.05) is 23.9 Å². The van der Waals surface area contributed by atoms with E-state index in [-0.39, 0.29) is 5.56 Å². The van der Waals surface area contributed by atoms with Crippen LogP contribution in [0.4, 0.5) is 5.82 Å². The molecule has 1 fully saturated rings. The summed E-state index contributed by atoms with van der Waals surface area (Å²) >= 11 is 5.76. The average molecular weight is 320 g/mol. The maximum absolute atomic E-state index is 12.5. The summed E-state index contributed by atoms with van der Waals surface area (Å²) in [6, 6.07) is 8.17. The van der Waals surface area contributed by atoms with Crippen molar-refractivity contribution >= 4 is 28.2 Å². The molecule has 0 atom stereocenters. The normalized spacial score (nSPS) is 16.0. The van der Waals surface area contributed by atoms with Crippen LogP contribution in [0.3, 0.4) is 0 Å². The molecule has 1 aliphatic rings. The first-order valence-electron chi connectivity index (χ1n) is 8.12. The minimum atomic E-state index is -0.0325. The lowest BCUT2D eigenvalue weighted by molar-refractivity contribution is 0.460. The molecule has 1 heterocycles. The van der Waals surface area contributed by atoms with Crippen molar-refractivity contribution in [2.45, 2.75) is 51.1 Å². The maximum atomic E-state index is 12.5. The Labute approximate surface area is 135 Å². The number of hydrogen-bond donors (Lipinski definition) is 1. The Morgan fingerprint density at radius 1 is 1.18 bits per heavy atom. The van der Waals surface area contributed by atoms with Crippen molar-refractivity contribution in [3.63, 3.8) is 0 Å². The summed E-state index contributed by atoms with van der Waals surface area (Å²) in [5.74, 6) is 1.36. The van der Waals surface area contributed by atoms with Crippen molar-refractivity contribution < 1.29 is 0 Å². The van der Waals surface area contributed by atoms with Gasteiger partial charge in [-0.1, -0.05) is 37.5 Å². The lowest BCUT2D eigenvalue weighted by Crippen LogP contribution is -2.28. The van der Waals surface area contributed by atoms with E-state index in [0.717, 1.165) is 23.0 Å². The van der Waals surface area contributed by atoms with Crippen LogP contribution in [0.15, 0.2) is 29.1 Å². The van der Waals surface area contributed by atoms with E-state index in [1.165, 1.54) is 32.1 Å². The van der Waals surface area contributed by atoms with E-state index in [1.54, 1.807) is 4.68 Å². The molecule has 4 nitrogen and oxygen atoms in total. The van der Waals surface area contributed by atoms with Crippen LogP contribution in [-0.4, -0.2) is 21.7 Å². The van der Waals surface area contributed by atoms with Gasteiger partial charge in [0.15, 0.2) is 5.82 Å². The standard InChI is InChI=1S/C17H22ClN3O/c18-11-6-12-21-17(22)15-10-5-4-9-14(15)16(20-21)19-13-7-2-1-3-8-13/h4-5,9-10,13H,1-3,6-8,11-12H2,(H,19,20). The van der Waals surface area contributed by atoms with Gasteiger partial charge < -0.3 is 5.32 Å². The predicted molar refractivity (Wildman–Crippen MR) is 91.8 cm³/mol. The highest BCUT2D eigenvalue weighted by Crippen LogP contribution is 2.24. The Morgan fingerprint density at radius 2 is 1.91 bits per heavy atom. The van der Waals surface area contributed by atoms with Crippen molar-refractivity contribution in [1.82, 2.24) is 9.78 Å². The highest BCUT2D eigenvalue weighted by atomic mass is 35.5. The second-order valence-corrected chi connectivity index (χ2v) is 6.32. The van der Waals surface area contributed by atoms with Crippen LogP contribution in [-0.2, 0) is 6.54 Å². The monoisotopic (exact) mass is 319 g/mol. The first-order valence-corrected chi connectivity index (χ1v) is 8.65. The minimum absolute atomic E-state index is 0.0325. The van der Waals surface area contributed by atoms with Gasteiger partial charge in [-0.2, -0.15) is 5.10 Å². The lowest BCUT2D eigenvalue weighted by atomic mass is 9.95. The zero-order chi connectivity index (χ0) is 15.4. The number of aromatic nitrogens is 2. The zero-order valence-corrected chi connectivity index (χ0v) is 13.5. The Balaban J connectivity index is 1.99. The van der Waals surface area contributed by atoms with Gasteiger partial charge in [-0.3, -0.25) is 4.79 Å². The molecule has 22 heavy (non-hydrogen) atoms. The maximum Gasteiger partial charge on any atom is 0.274 e. The van der Waals surface area contributed by atoms with Gasteiger partial charge in [0.1, 0.15) is 0 Å². The third-order valence-electron chi connectivity index (χ3n) is 4.32. The average Bonchev–Trinajstić information content (AvgIpc) is 2.57. The molecule has 1 saturated carbocycles. The molecule has 3 rings (SSSR count). The zero-order valence-electron chi connectivity index (χ0n) is 12.7. The molecule has 1 N–H and O–H groups in total. The van der Waals surface area contributed by atoms with E-state index >= 15 is 0 Å². The summed E-state index contributed by atoms with van der Waals surface area (Å²) in [5.41, 5.74) is -0.0325. The molecule has 1 aromatic carbocycles. The molecule has 0 saturated heterocycles. The number of hydrogen-bond acceptors (Lipinski definition) is 3. The van der Waals surface area contributed by atoms with Gasteiger partial charge in [-0.15, -0.1) is 11.6 Å². The number of benzene rings is 1. The van der Waals surface area contributed by atoms with E-state index < -0.39 is 0 Å². The first-order chi connectivity index (χ1) is 10.8. The van der Waals surface area contributed by atoms with Gasteiger partial charge in [-0.05, 0) is 25.3 Å². The summed E-state index contributed by atoms with van der Waals surface area (Å²) in [6.45, 7) is 0.562. The number of fused-ring (bicyclic) bond motifs is 1. The number of rotatable bonds is 5. The number of halogens is 1. The van der Waals surface area contributed by atoms with E-state index in [1.807, 2.05) is 24.3 Å². The molecule has 0 aliphatic heterocycles. The summed E-state index contributed by atoms with van der Waals surface area (Å²) < 4.78 is 1.55. The Morgan fingerprint density at radius 3 is 2.64 bits per heavy atom. The highest BCUT2D eigenvalue weighted by Gasteiger charge is 2.16. The van der Waals surface area contributed by atoms with Crippen LogP contribution in [0.1, 0.15) is 38.5 Å². The summed E-state index contributed by atoms with van der Waals surface area (Å²) in [5, 5.41) is 9.77. The number of aryl methyl sites for hydroxylation is 1. The van der Waals surface area contributed by atoms with Crippen LogP contribution in [0.2, 0.25) is 0 Å². The van der Waals surface area contributed by atoms with Gasteiger partial charge in [-0.25, -0.2) is 4.68 Å². The summed E-state index contributed by atoms with van der Waals surface area (Å²) in [7, 11) is 0. The number of anilines is 1. The van der Waals surface area contributed by atoms with Crippen molar-refractivity contribution in [1.29, 1.82) is 0 Å². The molecule has 0 bridgehead atoms. The molecule has 0 amide bonds. The smallest absolute Gasteiger partial charge is 0.274 e. The molecular weight excluding hydrogens is 298 g/mol. The molecule has 118 valence electrons. The molecule has 0 spiro atoms. The molecule has 0 unspecified atom stereocenters. The topological polar surface area (TPSA) is 46.9 Å². The number of alkyl halides is 1. The van der Waals surface area contributed by atoms with Crippen molar-refractivity contribution in [3.8, 4) is 0 Å². The molecular formula is C17H22ClN3O. The second kappa shape index (κ2) is 7.14. The van der Waals surface area contributed by atoms with Crippen molar-refractivity contribution in [2.24, 2.45) is 0 Å². The van der Waals surface area contributed by atoms with Gasteiger partial charge >= 0.3 is 0 Å². The second-order valence-electron chi connectivity index (χ2n) is 5.94. The van der Waals surface area contributed by atoms with Crippen LogP contribution >= 0.6 is 11.6 Å². The Bertz CT molecular complexity index is 692. The Kier molecular flexibility index (Phi) is 4.98. The predicted octanol–water partition coefficient (Wildman–Crippen LogP) is 3.77. The number of nitrogens with one attached hydrogen (secondary N) is 1. The lowest BCUT2D eigenvalue weighted by Gasteiger charge is -2.24. The highest BCUT2D eigenvalue weighted by molar-refractivity contribution is 6.17. The van der Waals surface area contributed by atoms with Crippen molar-refractivity contribution in [2.75, 3.05) is 11.2 Å². The molecule has 0 radical (unpaired) electrons. The fourth-order valence-corrected chi connectivity index (χ4v) is 3.26. The molecule has 2 aromatic rings. The number of nitrogens with zero attached hydrogens (tertiary/aromatic N) is 2. The fraction of sp³-hybridized carbons (Fsp3) is 0.529. The van der Waals surface area contributed by atoms with E-state index in [9.17, 15) is 4.79 Å². The van der Waals surface area contributed by atoms with Crippen LogP contribution in [0, 0.1) is 0 Å². The largest absolute Gasteiger partial charge is 0.365 e. The first kappa shape index (κ1) is 15.3. The van der Waals surface area contributed by atoms with Gasteiger partial charge in [0.25, 0.3) is 5.56 Å². The molecule has 1 aliphatic carbocycles. The minimum Gasteiger partial charge on any atom is -0.365 e. The Hall–Kier alpha value is -1.55. The fourth-order valence-electron chi connectivity index (χ4n) is 3.14. The van der Waals surface area contributed by atoms with Crippen LogP contribution < -0.4 is 10.9 Å². The summed E-state index contributed by atoms with van der Waals surface area (Å²) in [4.78, 5) is 12.5. The van der Waals surface area contributed by atoms with E-state index in [4.69, 9.17) is 11.6 Å². The van der Waals surface area contributed by atoms with E-state index in [2.05, 4.69) is 10.4 Å². The van der Waals surface area contributed by atoms with E-state index in [0.29, 0.717) is 18.5 Å².